The summed E-state index contributed by atoms with van der Waals surface area (Å²) in [5.41, 5.74) is 0.990. The van der Waals surface area contributed by atoms with Crippen molar-refractivity contribution in [2.75, 3.05) is 19.6 Å². The van der Waals surface area contributed by atoms with Crippen LogP contribution < -0.4 is 0 Å². The van der Waals surface area contributed by atoms with Gasteiger partial charge in [-0.3, -0.25) is 4.90 Å². The molecule has 106 valence electrons. The Morgan fingerprint density at radius 1 is 1.37 bits per heavy atom. The molecule has 0 spiro atoms. The monoisotopic (exact) mass is 267 g/mol. The second-order valence-corrected chi connectivity index (χ2v) is 5.27. The molecule has 19 heavy (non-hydrogen) atoms. The van der Waals surface area contributed by atoms with Gasteiger partial charge in [-0.15, -0.1) is 0 Å². The van der Waals surface area contributed by atoms with Gasteiger partial charge < -0.3 is 9.84 Å². The molecule has 1 aliphatic rings. The maximum atomic E-state index is 12.9. The van der Waals surface area contributed by atoms with E-state index < -0.39 is 0 Å². The molecule has 4 heteroatoms. The summed E-state index contributed by atoms with van der Waals surface area (Å²) in [6, 6.07) is 6.46. The molecule has 1 aliphatic heterocycles. The molecular weight excluding hydrogens is 245 g/mol. The number of nitrogens with zero attached hydrogens (tertiary/aromatic N) is 1. The van der Waals surface area contributed by atoms with Crippen molar-refractivity contribution >= 4 is 0 Å². The van der Waals surface area contributed by atoms with E-state index in [0.717, 1.165) is 25.1 Å². The van der Waals surface area contributed by atoms with Gasteiger partial charge in [-0.05, 0) is 31.0 Å². The highest BCUT2D eigenvalue weighted by molar-refractivity contribution is 5.19. The van der Waals surface area contributed by atoms with E-state index >= 15 is 0 Å². The second kappa shape index (κ2) is 6.46. The fraction of sp³-hybridized carbons (Fsp3) is 0.600. The second-order valence-electron chi connectivity index (χ2n) is 5.27. The predicted molar refractivity (Wildman–Crippen MR) is 72.4 cm³/mol. The Morgan fingerprint density at radius 2 is 2.05 bits per heavy atom. The van der Waals surface area contributed by atoms with Crippen LogP contribution in [0.15, 0.2) is 24.3 Å². The first-order valence-corrected chi connectivity index (χ1v) is 6.89. The standard InChI is InChI=1S/C15H22FNO2/c1-3-14(18)9-17-8-11(2)19-15(10-17)12-4-6-13(16)7-5-12/h4-7,11,14-15,18H,3,8-10H2,1-2H3. The van der Waals surface area contributed by atoms with E-state index in [1.807, 2.05) is 13.8 Å². The number of aliphatic hydroxyl groups is 1. The van der Waals surface area contributed by atoms with Gasteiger partial charge in [0, 0.05) is 19.6 Å². The maximum absolute atomic E-state index is 12.9. The van der Waals surface area contributed by atoms with Gasteiger partial charge >= 0.3 is 0 Å². The first-order chi connectivity index (χ1) is 9.08. The average molecular weight is 267 g/mol. The third-order valence-electron chi connectivity index (χ3n) is 3.52. The molecule has 3 unspecified atom stereocenters. The normalized spacial score (nSPS) is 26.3. The number of morpholine rings is 1. The Bertz CT molecular complexity index is 396. The van der Waals surface area contributed by atoms with Crippen LogP contribution in [0.4, 0.5) is 4.39 Å². The lowest BCUT2D eigenvalue weighted by atomic mass is 10.1. The first kappa shape index (κ1) is 14.4. The zero-order valence-electron chi connectivity index (χ0n) is 11.6. The molecule has 1 N–H and O–H groups in total. The fourth-order valence-electron chi connectivity index (χ4n) is 2.48. The minimum absolute atomic E-state index is 0.0478. The number of ether oxygens (including phenoxy) is 1. The molecule has 3 nitrogen and oxygen atoms in total. The Labute approximate surface area is 114 Å². The average Bonchev–Trinajstić information content (AvgIpc) is 2.38. The molecule has 1 aromatic rings. The van der Waals surface area contributed by atoms with Crippen LogP contribution in [0.25, 0.3) is 0 Å². The van der Waals surface area contributed by atoms with E-state index in [-0.39, 0.29) is 24.1 Å². The molecule has 2 rings (SSSR count). The van der Waals surface area contributed by atoms with Crippen LogP contribution in [-0.4, -0.2) is 41.8 Å². The van der Waals surface area contributed by atoms with Gasteiger partial charge in [0.2, 0.25) is 0 Å². The number of β-amino-alcohol motifs (C(OH)–C–C–N with tert-alkyl or cyclic N) is 1. The zero-order chi connectivity index (χ0) is 13.8. The van der Waals surface area contributed by atoms with E-state index in [2.05, 4.69) is 4.90 Å². The summed E-state index contributed by atoms with van der Waals surface area (Å²) in [5.74, 6) is -0.231. The summed E-state index contributed by atoms with van der Waals surface area (Å²) in [6.07, 6.45) is 0.535. The molecule has 1 heterocycles. The van der Waals surface area contributed by atoms with Gasteiger partial charge in [0.1, 0.15) is 5.82 Å². The van der Waals surface area contributed by atoms with E-state index in [1.165, 1.54) is 12.1 Å². The summed E-state index contributed by atoms with van der Waals surface area (Å²) in [4.78, 5) is 2.22. The lowest BCUT2D eigenvalue weighted by Gasteiger charge is -2.37. The van der Waals surface area contributed by atoms with Gasteiger partial charge in [-0.2, -0.15) is 0 Å². The first-order valence-electron chi connectivity index (χ1n) is 6.89. The highest BCUT2D eigenvalue weighted by Crippen LogP contribution is 2.25. The zero-order valence-corrected chi connectivity index (χ0v) is 11.6. The number of hydrogen-bond donors (Lipinski definition) is 1. The van der Waals surface area contributed by atoms with Crippen molar-refractivity contribution < 1.29 is 14.2 Å². The predicted octanol–water partition coefficient (Wildman–Crippen LogP) is 2.36. The van der Waals surface area contributed by atoms with Crippen LogP contribution in [-0.2, 0) is 4.74 Å². The van der Waals surface area contributed by atoms with Gasteiger partial charge in [0.05, 0.1) is 18.3 Å². The number of hydrogen-bond acceptors (Lipinski definition) is 3. The third-order valence-corrected chi connectivity index (χ3v) is 3.52. The van der Waals surface area contributed by atoms with Crippen LogP contribution >= 0.6 is 0 Å². The number of rotatable bonds is 4. The molecule has 0 aromatic heterocycles. The SMILES string of the molecule is CCC(O)CN1CC(C)OC(c2ccc(F)cc2)C1. The van der Waals surface area contributed by atoms with Crippen LogP contribution in [0.1, 0.15) is 31.9 Å². The summed E-state index contributed by atoms with van der Waals surface area (Å²) >= 11 is 0. The van der Waals surface area contributed by atoms with Gasteiger partial charge in [-0.1, -0.05) is 19.1 Å². The molecule has 0 amide bonds. The van der Waals surface area contributed by atoms with Crippen LogP contribution in [0.5, 0.6) is 0 Å². The molecule has 0 radical (unpaired) electrons. The van der Waals surface area contributed by atoms with E-state index in [1.54, 1.807) is 12.1 Å². The molecule has 0 bridgehead atoms. The summed E-state index contributed by atoms with van der Waals surface area (Å²) in [6.45, 7) is 6.25. The van der Waals surface area contributed by atoms with Crippen LogP contribution in [0.2, 0.25) is 0 Å². The molecule has 0 saturated carbocycles. The summed E-state index contributed by atoms with van der Waals surface area (Å²) in [5, 5.41) is 9.76. The number of aliphatic hydroxyl groups excluding tert-OH is 1. The fourth-order valence-corrected chi connectivity index (χ4v) is 2.48. The van der Waals surface area contributed by atoms with Crippen molar-refractivity contribution in [3.8, 4) is 0 Å². The number of halogens is 1. The van der Waals surface area contributed by atoms with Crippen molar-refractivity contribution in [2.24, 2.45) is 0 Å². The van der Waals surface area contributed by atoms with Crippen molar-refractivity contribution in [3.63, 3.8) is 0 Å². The molecule has 3 atom stereocenters. The van der Waals surface area contributed by atoms with Crippen LogP contribution in [0, 0.1) is 5.82 Å². The van der Waals surface area contributed by atoms with Crippen LogP contribution in [0.3, 0.4) is 0 Å². The maximum Gasteiger partial charge on any atom is 0.123 e. The Kier molecular flexibility index (Phi) is 4.91. The highest BCUT2D eigenvalue weighted by atomic mass is 19.1. The third kappa shape index (κ3) is 4.00. The Balaban J connectivity index is 2.03. The van der Waals surface area contributed by atoms with E-state index in [4.69, 9.17) is 4.74 Å². The Morgan fingerprint density at radius 3 is 2.68 bits per heavy atom. The highest BCUT2D eigenvalue weighted by Gasteiger charge is 2.27. The largest absolute Gasteiger partial charge is 0.392 e. The van der Waals surface area contributed by atoms with E-state index in [9.17, 15) is 9.50 Å². The molecule has 1 saturated heterocycles. The summed E-state index contributed by atoms with van der Waals surface area (Å²) in [7, 11) is 0. The lowest BCUT2D eigenvalue weighted by molar-refractivity contribution is -0.0868. The minimum Gasteiger partial charge on any atom is -0.392 e. The Hall–Kier alpha value is -0.970. The topological polar surface area (TPSA) is 32.7 Å². The molecule has 1 aromatic carbocycles. The number of benzene rings is 1. The smallest absolute Gasteiger partial charge is 0.123 e. The van der Waals surface area contributed by atoms with E-state index in [0.29, 0.717) is 6.54 Å². The molecule has 0 aliphatic carbocycles. The van der Waals surface area contributed by atoms with Gasteiger partial charge in [0.25, 0.3) is 0 Å². The van der Waals surface area contributed by atoms with Crippen molar-refractivity contribution in [3.05, 3.63) is 35.6 Å². The van der Waals surface area contributed by atoms with Gasteiger partial charge in [0.15, 0.2) is 0 Å². The minimum atomic E-state index is -0.292. The van der Waals surface area contributed by atoms with Crippen molar-refractivity contribution in [2.45, 2.75) is 38.6 Å². The molecule has 1 fully saturated rings. The van der Waals surface area contributed by atoms with Gasteiger partial charge in [-0.25, -0.2) is 4.39 Å². The molecular formula is C15H22FNO2. The van der Waals surface area contributed by atoms with Crippen molar-refractivity contribution in [1.29, 1.82) is 0 Å². The summed E-state index contributed by atoms with van der Waals surface area (Å²) < 4.78 is 18.9. The lowest BCUT2D eigenvalue weighted by Crippen LogP contribution is -2.45. The van der Waals surface area contributed by atoms with Crippen molar-refractivity contribution in [1.82, 2.24) is 4.90 Å². The quantitative estimate of drug-likeness (QED) is 0.909.